The number of aliphatic hydroxyl groups excluding tert-OH is 1. The van der Waals surface area contributed by atoms with Crippen LogP contribution in [-0.4, -0.2) is 11.7 Å². The summed E-state index contributed by atoms with van der Waals surface area (Å²) in [5.74, 6) is 0.511. The molecule has 1 aliphatic rings. The Morgan fingerprint density at radius 3 is 2.00 bits per heavy atom. The molecule has 1 nitrogen and oxygen atoms in total. The molecule has 2 aromatic carbocycles. The zero-order chi connectivity index (χ0) is 16.3. The Bertz CT molecular complexity index is 751. The molecule has 0 saturated heterocycles. The summed E-state index contributed by atoms with van der Waals surface area (Å²) in [6.07, 6.45) is 0. The number of halogens is 2. The first-order chi connectivity index (χ1) is 10.5. The first kappa shape index (κ1) is 30.2. The van der Waals surface area contributed by atoms with Gasteiger partial charge in [-0.25, -0.2) is 0 Å². The Morgan fingerprint density at radius 1 is 0.962 bits per heavy atom. The summed E-state index contributed by atoms with van der Waals surface area (Å²) >= 11 is 0. The average molecular weight is 429 g/mol. The topological polar surface area (TPSA) is 20.2 Å². The van der Waals surface area contributed by atoms with Crippen LogP contribution in [0, 0.1) is 19.4 Å². The second kappa shape index (κ2) is 13.6. The fourth-order valence-electron chi connectivity index (χ4n) is 3.07. The standard InChI is InChI=1S/C19H19.C2H6O.CH3.2ClH.Ti/c1-12-13(2)15(4)19(14(12)3)18-10-9-16-7-5-6-8-17(16)11-18;1-2-3;;;;/h5-10,14H,1-4H3;3H,2H2,1H3;1H3;2*1H;/q-1;;-1;;;+2. The first-order valence-electron chi connectivity index (χ1n) is 7.92. The predicted octanol–water partition coefficient (Wildman–Crippen LogP) is 6.69. The van der Waals surface area contributed by atoms with Gasteiger partial charge in [0.15, 0.2) is 0 Å². The second-order valence-electron chi connectivity index (χ2n) is 5.84. The maximum absolute atomic E-state index is 7.57. The normalized spacial score (nSPS) is 15.1. The van der Waals surface area contributed by atoms with E-state index in [1.807, 2.05) is 0 Å². The monoisotopic (exact) mass is 428 g/mol. The number of benzene rings is 2. The quantitative estimate of drug-likeness (QED) is 0.396. The molecule has 0 spiro atoms. The molecule has 0 amide bonds. The van der Waals surface area contributed by atoms with E-state index >= 15 is 0 Å². The van der Waals surface area contributed by atoms with Crippen LogP contribution >= 0.6 is 24.8 Å². The molecule has 0 fully saturated rings. The molecule has 1 aliphatic carbocycles. The second-order valence-corrected chi connectivity index (χ2v) is 5.84. The summed E-state index contributed by atoms with van der Waals surface area (Å²) < 4.78 is 0. The van der Waals surface area contributed by atoms with E-state index in [2.05, 4.69) is 70.2 Å². The van der Waals surface area contributed by atoms with Gasteiger partial charge in [0.1, 0.15) is 0 Å². The van der Waals surface area contributed by atoms with Crippen LogP contribution in [0.25, 0.3) is 16.3 Å². The summed E-state index contributed by atoms with van der Waals surface area (Å²) in [6.45, 7) is 10.9. The maximum Gasteiger partial charge on any atom is 2.00 e. The van der Waals surface area contributed by atoms with Crippen molar-refractivity contribution in [3.63, 3.8) is 0 Å². The van der Waals surface area contributed by atoms with Gasteiger partial charge < -0.3 is 12.5 Å². The third-order valence-corrected chi connectivity index (χ3v) is 4.59. The Morgan fingerprint density at radius 2 is 1.50 bits per heavy atom. The largest absolute Gasteiger partial charge is 2.00 e. The minimum atomic E-state index is 0. The summed E-state index contributed by atoms with van der Waals surface area (Å²) in [7, 11) is 0. The molecule has 26 heavy (non-hydrogen) atoms. The Kier molecular flexibility index (Phi) is 15.8. The van der Waals surface area contributed by atoms with Crippen molar-refractivity contribution in [2.75, 3.05) is 6.61 Å². The van der Waals surface area contributed by atoms with Gasteiger partial charge in [-0.05, 0) is 33.6 Å². The summed E-state index contributed by atoms with van der Waals surface area (Å²) in [5.41, 5.74) is 7.07. The van der Waals surface area contributed by atoms with Gasteiger partial charge in [0.2, 0.25) is 0 Å². The van der Waals surface area contributed by atoms with E-state index in [-0.39, 0.29) is 60.6 Å². The Balaban J connectivity index is -0.000000710. The minimum Gasteiger partial charge on any atom is -0.397 e. The smallest absolute Gasteiger partial charge is 0.397 e. The van der Waals surface area contributed by atoms with Gasteiger partial charge in [-0.1, -0.05) is 52.8 Å². The van der Waals surface area contributed by atoms with Crippen molar-refractivity contribution in [2.45, 2.75) is 34.6 Å². The van der Waals surface area contributed by atoms with Crippen LogP contribution in [0.15, 0.2) is 53.1 Å². The van der Waals surface area contributed by atoms with Gasteiger partial charge in [-0.15, -0.1) is 60.0 Å². The zero-order valence-electron chi connectivity index (χ0n) is 16.5. The summed E-state index contributed by atoms with van der Waals surface area (Å²) in [6, 6.07) is 16.4. The number of allylic oxidation sites excluding steroid dienone is 4. The molecule has 0 saturated carbocycles. The fraction of sp³-hybridized carbons (Fsp3) is 0.318. The van der Waals surface area contributed by atoms with E-state index < -0.39 is 0 Å². The predicted molar refractivity (Wildman–Crippen MR) is 117 cm³/mol. The van der Waals surface area contributed by atoms with Gasteiger partial charge in [0, 0.05) is 6.61 Å². The maximum atomic E-state index is 7.57. The van der Waals surface area contributed by atoms with E-state index in [0.29, 0.717) is 5.92 Å². The summed E-state index contributed by atoms with van der Waals surface area (Å²) in [5, 5.41) is 10.0. The van der Waals surface area contributed by atoms with E-state index in [1.54, 1.807) is 6.92 Å². The number of rotatable bonds is 1. The molecular formula is C22H30Cl2OTi. The average Bonchev–Trinajstić information content (AvgIpc) is 2.71. The Hall–Kier alpha value is -0.566. The van der Waals surface area contributed by atoms with E-state index in [1.165, 1.54) is 38.6 Å². The van der Waals surface area contributed by atoms with Crippen molar-refractivity contribution < 1.29 is 26.8 Å². The first-order valence-corrected chi connectivity index (χ1v) is 7.92. The van der Waals surface area contributed by atoms with Crippen molar-refractivity contribution in [3.05, 3.63) is 72.2 Å². The van der Waals surface area contributed by atoms with Gasteiger partial charge in [0.05, 0.1) is 0 Å². The molecule has 2 aromatic rings. The van der Waals surface area contributed by atoms with Crippen LogP contribution in [0.5, 0.6) is 0 Å². The van der Waals surface area contributed by atoms with Crippen LogP contribution in [0.2, 0.25) is 0 Å². The number of hydrogen-bond acceptors (Lipinski definition) is 1. The third-order valence-electron chi connectivity index (χ3n) is 4.59. The molecule has 0 aliphatic heterocycles. The number of aliphatic hydroxyl groups is 1. The Labute approximate surface area is 186 Å². The van der Waals surface area contributed by atoms with Crippen molar-refractivity contribution in [1.29, 1.82) is 0 Å². The molecule has 4 heteroatoms. The molecule has 0 bridgehead atoms. The van der Waals surface area contributed by atoms with E-state index in [4.69, 9.17) is 5.11 Å². The minimum absolute atomic E-state index is 0. The van der Waals surface area contributed by atoms with Gasteiger partial charge in [-0.2, -0.15) is 0 Å². The van der Waals surface area contributed by atoms with Crippen LogP contribution in [0.1, 0.15) is 40.2 Å². The summed E-state index contributed by atoms with van der Waals surface area (Å²) in [4.78, 5) is 0. The molecule has 0 heterocycles. The molecule has 1 unspecified atom stereocenters. The van der Waals surface area contributed by atoms with Crippen LogP contribution in [-0.2, 0) is 21.7 Å². The molecule has 1 atom stereocenters. The van der Waals surface area contributed by atoms with Crippen molar-refractivity contribution in [1.82, 2.24) is 0 Å². The van der Waals surface area contributed by atoms with Crippen LogP contribution in [0.3, 0.4) is 0 Å². The fourth-order valence-corrected chi connectivity index (χ4v) is 3.07. The number of hydrogen-bond donors (Lipinski definition) is 1. The van der Waals surface area contributed by atoms with Crippen molar-refractivity contribution in [2.24, 2.45) is 5.92 Å². The number of fused-ring (bicyclic) bond motifs is 1. The molecule has 142 valence electrons. The van der Waals surface area contributed by atoms with E-state index in [9.17, 15) is 0 Å². The van der Waals surface area contributed by atoms with Gasteiger partial charge >= 0.3 is 21.7 Å². The van der Waals surface area contributed by atoms with Crippen molar-refractivity contribution >= 4 is 41.2 Å². The van der Waals surface area contributed by atoms with Gasteiger partial charge in [0.25, 0.3) is 0 Å². The van der Waals surface area contributed by atoms with Crippen LogP contribution < -0.4 is 0 Å². The molecule has 0 radical (unpaired) electrons. The van der Waals surface area contributed by atoms with Gasteiger partial charge in [-0.3, -0.25) is 0 Å². The molecule has 1 N–H and O–H groups in total. The third kappa shape index (κ3) is 6.25. The molecule has 3 rings (SSSR count). The van der Waals surface area contributed by atoms with Crippen LogP contribution in [0.4, 0.5) is 0 Å². The zero-order valence-corrected chi connectivity index (χ0v) is 19.7. The van der Waals surface area contributed by atoms with E-state index in [0.717, 1.165) is 0 Å². The molecule has 0 aromatic heterocycles. The van der Waals surface area contributed by atoms with Crippen molar-refractivity contribution in [3.8, 4) is 0 Å². The SMILES string of the molecule is CC1=C(C)C(C)C(c2[c-]c3ccccc3cc2)=C1C.CCO.Cl.Cl.[CH3-].[Ti+2]. The molecular weight excluding hydrogens is 399 g/mol.